The van der Waals surface area contributed by atoms with E-state index in [-0.39, 0.29) is 49.3 Å². The zero-order valence-electron chi connectivity index (χ0n) is 28.4. The number of thiazole rings is 1. The van der Waals surface area contributed by atoms with E-state index in [2.05, 4.69) is 16.8 Å². The lowest BCUT2D eigenvalue weighted by molar-refractivity contribution is -0.137. The van der Waals surface area contributed by atoms with Crippen LogP contribution in [0.4, 0.5) is 19.1 Å². The van der Waals surface area contributed by atoms with Crippen molar-refractivity contribution in [2.45, 2.75) is 91.3 Å². The second-order valence-corrected chi connectivity index (χ2v) is 14.4. The van der Waals surface area contributed by atoms with Gasteiger partial charge >= 0.3 is 18.2 Å². The number of carbonyl (C=O) groups is 3. The summed E-state index contributed by atoms with van der Waals surface area (Å²) in [6.45, 7) is 14.5. The molecule has 1 saturated heterocycles. The summed E-state index contributed by atoms with van der Waals surface area (Å²) in [6, 6.07) is 4.29. The molecule has 1 aliphatic heterocycles. The van der Waals surface area contributed by atoms with Crippen LogP contribution in [0.3, 0.4) is 0 Å². The Morgan fingerprint density at radius 1 is 1.13 bits per heavy atom. The number of carboxylic acids is 1. The maximum absolute atomic E-state index is 14.7. The Bertz CT molecular complexity index is 1500. The van der Waals surface area contributed by atoms with Crippen LogP contribution in [0.25, 0.3) is 0 Å². The van der Waals surface area contributed by atoms with E-state index in [0.29, 0.717) is 16.9 Å². The largest absolute Gasteiger partial charge is 0.491 e. The van der Waals surface area contributed by atoms with Crippen molar-refractivity contribution in [2.75, 3.05) is 38.3 Å². The molecule has 2 aromatic rings. The van der Waals surface area contributed by atoms with Gasteiger partial charge in [0.25, 0.3) is 0 Å². The zero-order chi connectivity index (χ0) is 35.2. The van der Waals surface area contributed by atoms with Gasteiger partial charge in [-0.15, -0.1) is 11.3 Å². The van der Waals surface area contributed by atoms with E-state index in [1.807, 2.05) is 0 Å². The minimum Gasteiger partial charge on any atom is -0.491 e. The molecule has 0 saturated carbocycles. The van der Waals surface area contributed by atoms with E-state index >= 15 is 0 Å². The number of nitrogens with zero attached hydrogens (tertiary/aromatic N) is 3. The molecular formula is C33H44FN3O9S. The fraction of sp³-hybridized carbons (Fsp3) is 0.576. The number of aromatic carboxylic acids is 1. The second-order valence-electron chi connectivity index (χ2n) is 13.4. The van der Waals surface area contributed by atoms with Gasteiger partial charge in [-0.05, 0) is 86.4 Å². The van der Waals surface area contributed by atoms with Crippen molar-refractivity contribution in [1.82, 2.24) is 9.88 Å². The van der Waals surface area contributed by atoms with Crippen molar-refractivity contribution in [3.63, 3.8) is 0 Å². The summed E-state index contributed by atoms with van der Waals surface area (Å²) in [5, 5.41) is 10.0. The number of hydrogen-bond donors (Lipinski definition) is 1. The molecule has 1 unspecified atom stereocenters. The summed E-state index contributed by atoms with van der Waals surface area (Å²) >= 11 is 1.06. The van der Waals surface area contributed by atoms with E-state index in [1.165, 1.54) is 21.9 Å². The zero-order valence-corrected chi connectivity index (χ0v) is 29.2. The van der Waals surface area contributed by atoms with Crippen LogP contribution in [0.1, 0.15) is 82.7 Å². The van der Waals surface area contributed by atoms with Gasteiger partial charge in [0, 0.05) is 17.5 Å². The van der Waals surface area contributed by atoms with Crippen LogP contribution in [0, 0.1) is 17.7 Å². The van der Waals surface area contributed by atoms with Gasteiger partial charge in [0.2, 0.25) is 0 Å². The predicted molar refractivity (Wildman–Crippen MR) is 174 cm³/mol. The molecule has 14 heteroatoms. The number of hydrogen-bond acceptors (Lipinski definition) is 10. The molecule has 1 aromatic carbocycles. The molecule has 3 rings (SSSR count). The van der Waals surface area contributed by atoms with Crippen molar-refractivity contribution >= 4 is 34.6 Å². The molecule has 1 N–H and O–H groups in total. The monoisotopic (exact) mass is 677 g/mol. The molecule has 12 nitrogen and oxygen atoms in total. The first-order chi connectivity index (χ1) is 21.7. The molecule has 0 bridgehead atoms. The van der Waals surface area contributed by atoms with Gasteiger partial charge < -0.3 is 33.7 Å². The minimum absolute atomic E-state index is 0.0164. The first-order valence-electron chi connectivity index (χ1n) is 15.1. The SMILES string of the molecule is CN(CC#Cc1ccc(OCCCc2sc(N(CC3COC(C)(C)O3)C(=O)OC(C)(C)C)nc2C(=O)O)c(F)c1)C(=O)OC(C)(C)C. The third kappa shape index (κ3) is 12.0. The van der Waals surface area contributed by atoms with Crippen LogP contribution in [-0.2, 0) is 25.4 Å². The fourth-order valence-corrected chi connectivity index (χ4v) is 5.26. The maximum Gasteiger partial charge on any atom is 0.416 e. The Morgan fingerprint density at radius 2 is 1.79 bits per heavy atom. The van der Waals surface area contributed by atoms with Crippen LogP contribution < -0.4 is 9.64 Å². The quantitative estimate of drug-likeness (QED) is 0.232. The summed E-state index contributed by atoms with van der Waals surface area (Å²) in [5.41, 5.74) is -1.20. The molecule has 1 fully saturated rings. The normalized spacial score (nSPS) is 15.7. The first kappa shape index (κ1) is 37.5. The van der Waals surface area contributed by atoms with E-state index in [9.17, 15) is 23.9 Å². The number of aromatic nitrogens is 1. The molecule has 1 aromatic heterocycles. The van der Waals surface area contributed by atoms with Crippen molar-refractivity contribution in [2.24, 2.45) is 0 Å². The third-order valence-corrected chi connectivity index (χ3v) is 7.32. The molecule has 47 heavy (non-hydrogen) atoms. The number of ether oxygens (including phenoxy) is 5. The molecule has 2 heterocycles. The molecule has 0 aliphatic carbocycles. The highest BCUT2D eigenvalue weighted by atomic mass is 32.1. The predicted octanol–water partition coefficient (Wildman–Crippen LogP) is 6.10. The van der Waals surface area contributed by atoms with Crippen LogP contribution in [0.2, 0.25) is 0 Å². The Kier molecular flexibility index (Phi) is 12.2. The summed E-state index contributed by atoms with van der Waals surface area (Å²) in [6.07, 6.45) is -1.07. The molecule has 2 amide bonds. The Morgan fingerprint density at radius 3 is 2.36 bits per heavy atom. The third-order valence-electron chi connectivity index (χ3n) is 6.18. The van der Waals surface area contributed by atoms with Crippen LogP contribution in [0.5, 0.6) is 5.75 Å². The minimum atomic E-state index is -1.24. The Balaban J connectivity index is 1.63. The molecule has 0 radical (unpaired) electrons. The van der Waals surface area contributed by atoms with Gasteiger partial charge in [0.1, 0.15) is 17.3 Å². The standard InChI is InChI=1S/C33H44FN3O9S/c1-31(2,3)45-29(40)36(9)16-10-12-21-14-15-24(23(34)18-21)42-17-11-13-25-26(27(38)39)35-28(47-25)37(30(41)46-32(4,5)6)19-22-20-43-33(7,8)44-22/h14-15,18,22H,11,13,16-17,19-20H2,1-9H3,(H,38,39). The van der Waals surface area contributed by atoms with Gasteiger partial charge in [-0.3, -0.25) is 4.90 Å². The van der Waals surface area contributed by atoms with Gasteiger partial charge in [-0.25, -0.2) is 23.8 Å². The highest BCUT2D eigenvalue weighted by Crippen LogP contribution is 2.31. The number of anilines is 1. The van der Waals surface area contributed by atoms with E-state index < -0.39 is 47.1 Å². The number of amides is 2. The lowest BCUT2D eigenvalue weighted by atomic mass is 10.2. The number of rotatable bonds is 10. The number of halogens is 1. The lowest BCUT2D eigenvalue weighted by Gasteiger charge is -2.27. The van der Waals surface area contributed by atoms with E-state index in [1.54, 1.807) is 68.5 Å². The second kappa shape index (κ2) is 15.3. The first-order valence-corrected chi connectivity index (χ1v) is 16.0. The fourth-order valence-electron chi connectivity index (χ4n) is 4.17. The smallest absolute Gasteiger partial charge is 0.416 e. The van der Waals surface area contributed by atoms with Gasteiger partial charge in [0.15, 0.2) is 28.2 Å². The molecule has 258 valence electrons. The lowest BCUT2D eigenvalue weighted by Crippen LogP contribution is -2.42. The van der Waals surface area contributed by atoms with Crippen molar-refractivity contribution < 1.29 is 47.6 Å². The molecule has 1 atom stereocenters. The highest BCUT2D eigenvalue weighted by Gasteiger charge is 2.37. The summed E-state index contributed by atoms with van der Waals surface area (Å²) in [4.78, 5) is 44.6. The number of carboxylic acid groups (broad SMARTS) is 1. The summed E-state index contributed by atoms with van der Waals surface area (Å²) in [7, 11) is 1.56. The van der Waals surface area contributed by atoms with E-state index in [4.69, 9.17) is 23.7 Å². The molecule has 0 spiro atoms. The number of benzene rings is 1. The number of aryl methyl sites for hydroxylation is 1. The highest BCUT2D eigenvalue weighted by molar-refractivity contribution is 7.16. The average molecular weight is 678 g/mol. The van der Waals surface area contributed by atoms with Gasteiger partial charge in [-0.1, -0.05) is 11.8 Å². The molecular weight excluding hydrogens is 633 g/mol. The Hall–Kier alpha value is -3.93. The topological polar surface area (TPSA) is 137 Å². The summed E-state index contributed by atoms with van der Waals surface area (Å²) in [5.74, 6) is 2.98. The molecule has 1 aliphatic rings. The average Bonchev–Trinajstić information content (AvgIpc) is 3.51. The Labute approximate surface area is 279 Å². The maximum atomic E-state index is 14.7. The van der Waals surface area contributed by atoms with Crippen LogP contribution in [0.15, 0.2) is 18.2 Å². The van der Waals surface area contributed by atoms with Crippen molar-refractivity contribution in [1.29, 1.82) is 0 Å². The van der Waals surface area contributed by atoms with Crippen molar-refractivity contribution in [3.05, 3.63) is 40.2 Å². The van der Waals surface area contributed by atoms with Gasteiger partial charge in [-0.2, -0.15) is 0 Å². The van der Waals surface area contributed by atoms with Crippen LogP contribution in [-0.4, -0.2) is 89.6 Å². The van der Waals surface area contributed by atoms with Crippen LogP contribution >= 0.6 is 11.3 Å². The van der Waals surface area contributed by atoms with E-state index in [0.717, 1.165) is 11.3 Å². The van der Waals surface area contributed by atoms with Crippen molar-refractivity contribution in [3.8, 4) is 17.6 Å². The number of carbonyl (C=O) groups excluding carboxylic acids is 2. The van der Waals surface area contributed by atoms with Gasteiger partial charge in [0.05, 0.1) is 26.3 Å². The summed E-state index contributed by atoms with van der Waals surface area (Å²) < 4.78 is 42.7.